The fourth-order valence-corrected chi connectivity index (χ4v) is 14.2. The number of benzene rings is 8. The van der Waals surface area contributed by atoms with Crippen molar-refractivity contribution in [3.8, 4) is 22.3 Å². The first-order chi connectivity index (χ1) is 42.6. The Bertz CT molecular complexity index is 4500. The van der Waals surface area contributed by atoms with Crippen LogP contribution in [0.2, 0.25) is 0 Å². The molecule has 4 atom stereocenters. The number of para-hydroxylation sites is 1. The van der Waals surface area contributed by atoms with Crippen LogP contribution in [0.25, 0.3) is 49.6 Å². The fourth-order valence-electron chi connectivity index (χ4n) is 14.2. The Morgan fingerprint density at radius 3 is 1.74 bits per heavy atom. The minimum Gasteiger partial charge on any atom is -0.333 e. The maximum absolute atomic E-state index is 6.10. The van der Waals surface area contributed by atoms with Crippen molar-refractivity contribution in [1.29, 1.82) is 0 Å². The highest BCUT2D eigenvalue weighted by Gasteiger charge is 2.42. The van der Waals surface area contributed by atoms with Crippen LogP contribution >= 0.6 is 0 Å². The maximum Gasteiger partial charge on any atom is 0.165 e. The Morgan fingerprint density at radius 1 is 0.453 bits per heavy atom. The number of rotatable bonds is 11. The minimum absolute atomic E-state index is 0.120. The SMILES string of the molecule is C1=CCCC(C2=CC(c3ccccc3)CC(C3=NC4=C5C(=NC(C6=CC(c7ccccc7)CC(c7ccccc7)=C6)=NC5C3)N=C(c3cc(-c5ccccc5)cc(-c5ccccc5)c3)N4c3ccc4c(c3)c3ccccc3n4C3C=CCCC3)=C2)=C1. The summed E-state index contributed by atoms with van der Waals surface area (Å²) in [7, 11) is 0. The summed E-state index contributed by atoms with van der Waals surface area (Å²) in [6.07, 6.45) is 29.0. The van der Waals surface area contributed by atoms with Crippen LogP contribution in [-0.4, -0.2) is 33.8 Å². The van der Waals surface area contributed by atoms with E-state index in [1.54, 1.807) is 0 Å². The van der Waals surface area contributed by atoms with Gasteiger partial charge in [0, 0.05) is 62.6 Å². The van der Waals surface area contributed by atoms with Gasteiger partial charge in [-0.15, -0.1) is 0 Å². The van der Waals surface area contributed by atoms with Gasteiger partial charge in [-0.25, -0.2) is 15.0 Å². The molecule has 3 aliphatic heterocycles. The first kappa shape index (κ1) is 51.6. The molecule has 7 aliphatic rings. The molecule has 0 N–H and O–H groups in total. The van der Waals surface area contributed by atoms with Gasteiger partial charge in [0.2, 0.25) is 0 Å². The fraction of sp³-hybridized carbons (Fsp3) is 0.150. The molecular weight excluding hydrogens is 1040 g/mol. The smallest absolute Gasteiger partial charge is 0.165 e. The van der Waals surface area contributed by atoms with Crippen LogP contribution in [0.1, 0.15) is 91.5 Å². The van der Waals surface area contributed by atoms with Gasteiger partial charge >= 0.3 is 0 Å². The molecule has 4 unspecified atom stereocenters. The summed E-state index contributed by atoms with van der Waals surface area (Å²) >= 11 is 0. The van der Waals surface area contributed by atoms with Crippen molar-refractivity contribution < 1.29 is 0 Å². The maximum atomic E-state index is 6.10. The summed E-state index contributed by atoms with van der Waals surface area (Å²) in [5.41, 5.74) is 20.8. The van der Waals surface area contributed by atoms with E-state index in [-0.39, 0.29) is 23.9 Å². The lowest BCUT2D eigenvalue weighted by atomic mass is 9.79. The second kappa shape index (κ2) is 22.2. The Morgan fingerprint density at radius 2 is 1.07 bits per heavy atom. The van der Waals surface area contributed by atoms with Crippen LogP contribution in [0, 0.1) is 0 Å². The van der Waals surface area contributed by atoms with Gasteiger partial charge in [-0.05, 0) is 161 Å². The van der Waals surface area contributed by atoms with Crippen LogP contribution in [0.3, 0.4) is 0 Å². The molecule has 6 nitrogen and oxygen atoms in total. The summed E-state index contributed by atoms with van der Waals surface area (Å²) in [6, 6.07) is 77.2. The van der Waals surface area contributed by atoms with Gasteiger partial charge in [-0.3, -0.25) is 9.89 Å². The lowest BCUT2D eigenvalue weighted by Crippen LogP contribution is -2.43. The lowest BCUT2D eigenvalue weighted by molar-refractivity contribution is 0.542. The van der Waals surface area contributed by atoms with E-state index in [4.69, 9.17) is 20.0 Å². The van der Waals surface area contributed by atoms with Crippen molar-refractivity contribution in [3.05, 3.63) is 323 Å². The predicted molar refractivity (Wildman–Crippen MR) is 358 cm³/mol. The molecular formula is C80H64N6. The molecule has 0 bridgehead atoms. The molecule has 0 saturated carbocycles. The summed E-state index contributed by atoms with van der Waals surface area (Å²) < 4.78 is 2.57. The van der Waals surface area contributed by atoms with Crippen molar-refractivity contribution in [2.45, 2.75) is 75.3 Å². The largest absolute Gasteiger partial charge is 0.333 e. The summed E-state index contributed by atoms with van der Waals surface area (Å²) in [4.78, 5) is 26.0. The molecule has 414 valence electrons. The van der Waals surface area contributed by atoms with Crippen LogP contribution in [0.4, 0.5) is 5.69 Å². The zero-order valence-electron chi connectivity index (χ0n) is 48.1. The van der Waals surface area contributed by atoms with Gasteiger partial charge in [0.25, 0.3) is 0 Å². The van der Waals surface area contributed by atoms with Crippen LogP contribution in [0.15, 0.2) is 321 Å². The van der Waals surface area contributed by atoms with Gasteiger partial charge in [0.1, 0.15) is 11.7 Å². The summed E-state index contributed by atoms with van der Waals surface area (Å²) in [6.45, 7) is 0. The third-order valence-electron chi connectivity index (χ3n) is 18.4. The van der Waals surface area contributed by atoms with E-state index in [0.717, 1.165) is 101 Å². The molecule has 86 heavy (non-hydrogen) atoms. The number of anilines is 1. The Hall–Kier alpha value is -10.0. The Kier molecular flexibility index (Phi) is 13.3. The van der Waals surface area contributed by atoms with Gasteiger partial charge in [0.05, 0.1) is 17.7 Å². The molecule has 0 saturated heterocycles. The quantitative estimate of drug-likeness (QED) is 0.119. The van der Waals surface area contributed by atoms with Crippen LogP contribution in [-0.2, 0) is 0 Å². The summed E-state index contributed by atoms with van der Waals surface area (Å²) in [5, 5.41) is 2.44. The number of aliphatic imine (C=N–C) groups is 4. The Labute approximate surface area is 503 Å². The Balaban J connectivity index is 0.950. The third-order valence-corrected chi connectivity index (χ3v) is 18.4. The molecule has 1 aromatic heterocycles. The molecule has 0 fully saturated rings. The topological polar surface area (TPSA) is 57.6 Å². The molecule has 6 heteroatoms. The summed E-state index contributed by atoms with van der Waals surface area (Å²) in [5.74, 6) is 3.23. The zero-order chi connectivity index (χ0) is 56.9. The highest BCUT2D eigenvalue weighted by molar-refractivity contribution is 6.28. The van der Waals surface area contributed by atoms with Gasteiger partial charge in [0.15, 0.2) is 11.7 Å². The highest BCUT2D eigenvalue weighted by atomic mass is 15.3. The standard InChI is InChI=1S/C80H64N6/c1-8-24-53(25-9-1)59-42-60(54-26-10-2-11-27-54)46-65(45-59)72-52-73-76-78(83-77(81-73)66-47-61(55-28-12-3-13-29-55)43-62(48-66)56-30-14-4-15-31-56)84-79(67-49-63(57-32-16-5-17-33-57)44-64(50-67)58-34-18-6-19-35-58)86(80(76)82-72)69-40-41-75-71(51-69)70-38-22-23-39-74(70)85(75)68-36-20-7-21-37-68/h1-6,8-10,12-20,22-26,28-36,38-42,44,46-51,59,61,68,73H,7,11,21,27,37,43,45,52H2. The second-order valence-corrected chi connectivity index (χ2v) is 23.8. The van der Waals surface area contributed by atoms with Crippen LogP contribution < -0.4 is 4.90 Å². The number of amidine groups is 3. The lowest BCUT2D eigenvalue weighted by Gasteiger charge is -2.39. The molecule has 0 amide bonds. The van der Waals surface area contributed by atoms with E-state index in [2.05, 4.69) is 276 Å². The predicted octanol–water partition coefficient (Wildman–Crippen LogP) is 19.4. The number of hydrogen-bond donors (Lipinski definition) is 0. The highest BCUT2D eigenvalue weighted by Crippen LogP contribution is 2.46. The van der Waals surface area contributed by atoms with Crippen molar-refractivity contribution in [1.82, 2.24) is 4.57 Å². The van der Waals surface area contributed by atoms with E-state index in [9.17, 15) is 0 Å². The van der Waals surface area contributed by atoms with E-state index >= 15 is 0 Å². The minimum atomic E-state index is -0.332. The monoisotopic (exact) mass is 1110 g/mol. The van der Waals surface area contributed by atoms with E-state index in [1.165, 1.54) is 67.2 Å². The second-order valence-electron chi connectivity index (χ2n) is 23.8. The van der Waals surface area contributed by atoms with E-state index < -0.39 is 0 Å². The average molecular weight is 1110 g/mol. The molecule has 16 rings (SSSR count). The molecule has 4 aliphatic carbocycles. The first-order valence-electron chi connectivity index (χ1n) is 30.8. The van der Waals surface area contributed by atoms with E-state index in [0.29, 0.717) is 18.1 Å². The first-order valence-corrected chi connectivity index (χ1v) is 30.8. The number of hydrogen-bond acceptors (Lipinski definition) is 5. The number of nitrogens with zero attached hydrogens (tertiary/aromatic N) is 6. The van der Waals surface area contributed by atoms with Crippen molar-refractivity contribution in [2.75, 3.05) is 4.90 Å². The molecule has 0 radical (unpaired) electrons. The van der Waals surface area contributed by atoms with Crippen molar-refractivity contribution in [3.63, 3.8) is 0 Å². The third kappa shape index (κ3) is 9.65. The van der Waals surface area contributed by atoms with Gasteiger partial charge in [-0.2, -0.15) is 0 Å². The van der Waals surface area contributed by atoms with Crippen molar-refractivity contribution >= 4 is 56.3 Å². The van der Waals surface area contributed by atoms with Gasteiger partial charge < -0.3 is 4.57 Å². The molecule has 0 spiro atoms. The van der Waals surface area contributed by atoms with Gasteiger partial charge in [-0.1, -0.05) is 212 Å². The molecule has 9 aromatic rings. The normalized spacial score (nSPS) is 20.9. The number of fused-ring (bicyclic) bond motifs is 3. The zero-order valence-corrected chi connectivity index (χ0v) is 48.1. The molecule has 8 aromatic carbocycles. The number of allylic oxidation sites excluding steroid dienone is 12. The van der Waals surface area contributed by atoms with Crippen molar-refractivity contribution in [2.24, 2.45) is 20.0 Å². The number of aromatic nitrogens is 1. The van der Waals surface area contributed by atoms with Crippen LogP contribution in [0.5, 0.6) is 0 Å². The molecule has 4 heterocycles. The average Bonchev–Trinajstić information content (AvgIpc) is 2.40. The van der Waals surface area contributed by atoms with E-state index in [1.807, 2.05) is 0 Å².